The van der Waals surface area contributed by atoms with Crippen molar-refractivity contribution in [3.05, 3.63) is 23.5 Å². The van der Waals surface area contributed by atoms with Crippen LogP contribution in [-0.4, -0.2) is 21.8 Å². The van der Waals surface area contributed by atoms with Gasteiger partial charge >= 0.3 is 0 Å². The average Bonchev–Trinajstić information content (AvgIpc) is 2.51. The summed E-state index contributed by atoms with van der Waals surface area (Å²) in [7, 11) is 0. The van der Waals surface area contributed by atoms with Crippen molar-refractivity contribution in [2.75, 3.05) is 11.5 Å². The Bertz CT molecular complexity index is 387. The highest BCUT2D eigenvalue weighted by atomic mass is 32.2. The second-order valence-electron chi connectivity index (χ2n) is 3.53. The number of nitrogens with two attached hydrogens (primary N) is 1. The lowest BCUT2D eigenvalue weighted by Crippen LogP contribution is -2.01. The van der Waals surface area contributed by atoms with Crippen LogP contribution in [0.3, 0.4) is 0 Å². The predicted octanol–water partition coefficient (Wildman–Crippen LogP) is 1.85. The molecule has 14 heavy (non-hydrogen) atoms. The molecule has 0 saturated carbocycles. The first-order valence-corrected chi connectivity index (χ1v) is 5.58. The summed E-state index contributed by atoms with van der Waals surface area (Å²) in [5.74, 6) is 1.06. The van der Waals surface area contributed by atoms with E-state index in [1.54, 1.807) is 18.0 Å². The molecule has 2 rings (SSSR count). The highest BCUT2D eigenvalue weighted by molar-refractivity contribution is 8.14. The SMILES string of the molecule is Cc1cc(N)cnc1C1=N[C@H](C)CS1. The van der Waals surface area contributed by atoms with Crippen molar-refractivity contribution in [1.29, 1.82) is 0 Å². The Balaban J connectivity index is 2.37. The van der Waals surface area contributed by atoms with Gasteiger partial charge in [-0.1, -0.05) is 0 Å². The van der Waals surface area contributed by atoms with Crippen LogP contribution in [0.25, 0.3) is 0 Å². The van der Waals surface area contributed by atoms with Gasteiger partial charge in [-0.25, -0.2) is 0 Å². The van der Waals surface area contributed by atoms with Crippen LogP contribution in [-0.2, 0) is 0 Å². The van der Waals surface area contributed by atoms with Crippen LogP contribution in [0.5, 0.6) is 0 Å². The first-order valence-electron chi connectivity index (χ1n) is 4.60. The van der Waals surface area contributed by atoms with E-state index in [4.69, 9.17) is 5.73 Å². The van der Waals surface area contributed by atoms with Crippen LogP contribution in [0.15, 0.2) is 17.3 Å². The van der Waals surface area contributed by atoms with Crippen molar-refractivity contribution in [1.82, 2.24) is 4.98 Å². The van der Waals surface area contributed by atoms with Crippen molar-refractivity contribution in [2.45, 2.75) is 19.9 Å². The summed E-state index contributed by atoms with van der Waals surface area (Å²) in [5, 5.41) is 1.05. The number of aryl methyl sites for hydroxylation is 1. The number of hydrogen-bond donors (Lipinski definition) is 1. The fraction of sp³-hybridized carbons (Fsp3) is 0.400. The number of rotatable bonds is 1. The van der Waals surface area contributed by atoms with Gasteiger partial charge in [-0.2, -0.15) is 0 Å². The Morgan fingerprint density at radius 2 is 2.36 bits per heavy atom. The third-order valence-electron chi connectivity index (χ3n) is 2.10. The summed E-state index contributed by atoms with van der Waals surface area (Å²) in [6, 6.07) is 2.35. The van der Waals surface area contributed by atoms with Gasteiger partial charge in [0.15, 0.2) is 0 Å². The Hall–Kier alpha value is -1.03. The lowest BCUT2D eigenvalue weighted by molar-refractivity contribution is 0.864. The Labute approximate surface area is 87.8 Å². The van der Waals surface area contributed by atoms with Crippen LogP contribution >= 0.6 is 11.8 Å². The third-order valence-corrected chi connectivity index (χ3v) is 3.32. The minimum Gasteiger partial charge on any atom is -0.397 e. The number of thioether (sulfide) groups is 1. The molecule has 0 aromatic carbocycles. The van der Waals surface area contributed by atoms with Crippen LogP contribution in [0.2, 0.25) is 0 Å². The zero-order chi connectivity index (χ0) is 10.1. The summed E-state index contributed by atoms with van der Waals surface area (Å²) >= 11 is 1.77. The maximum absolute atomic E-state index is 5.64. The molecule has 3 nitrogen and oxygen atoms in total. The second-order valence-corrected chi connectivity index (χ2v) is 4.54. The van der Waals surface area contributed by atoms with Gasteiger partial charge in [0.25, 0.3) is 0 Å². The monoisotopic (exact) mass is 207 g/mol. The molecule has 1 aliphatic rings. The smallest absolute Gasteiger partial charge is 0.117 e. The molecule has 0 bridgehead atoms. The molecular weight excluding hydrogens is 194 g/mol. The largest absolute Gasteiger partial charge is 0.397 e. The van der Waals surface area contributed by atoms with Gasteiger partial charge in [0.05, 0.1) is 23.6 Å². The summed E-state index contributed by atoms with van der Waals surface area (Å²) < 4.78 is 0. The van der Waals surface area contributed by atoms with Crippen LogP contribution in [0.4, 0.5) is 5.69 Å². The zero-order valence-corrected chi connectivity index (χ0v) is 9.14. The van der Waals surface area contributed by atoms with E-state index in [9.17, 15) is 0 Å². The van der Waals surface area contributed by atoms with Gasteiger partial charge in [-0.3, -0.25) is 9.98 Å². The van der Waals surface area contributed by atoms with Gasteiger partial charge < -0.3 is 5.73 Å². The molecule has 0 spiro atoms. The molecule has 1 aliphatic heterocycles. The molecule has 1 aromatic rings. The standard InChI is InChI=1S/C10H13N3S/c1-6-3-8(11)4-12-9(6)10-13-7(2)5-14-10/h3-4,7H,5,11H2,1-2H3/t7-/m1/s1. The molecule has 2 N–H and O–H groups in total. The second kappa shape index (κ2) is 3.61. The van der Waals surface area contributed by atoms with E-state index < -0.39 is 0 Å². The highest BCUT2D eigenvalue weighted by Crippen LogP contribution is 2.24. The number of anilines is 1. The topological polar surface area (TPSA) is 51.3 Å². The van der Waals surface area contributed by atoms with Gasteiger partial charge in [-0.05, 0) is 25.5 Å². The summed E-state index contributed by atoms with van der Waals surface area (Å²) in [6.45, 7) is 4.14. The molecule has 0 fully saturated rings. The van der Waals surface area contributed by atoms with Gasteiger partial charge in [0.1, 0.15) is 5.04 Å². The minimum atomic E-state index is 0.411. The predicted molar refractivity (Wildman–Crippen MR) is 61.8 cm³/mol. The quantitative estimate of drug-likeness (QED) is 0.764. The lowest BCUT2D eigenvalue weighted by atomic mass is 10.2. The van der Waals surface area contributed by atoms with Crippen molar-refractivity contribution in [2.24, 2.45) is 4.99 Å². The number of aliphatic imine (C=N–C) groups is 1. The van der Waals surface area contributed by atoms with Crippen molar-refractivity contribution in [3.8, 4) is 0 Å². The molecule has 4 heteroatoms. The number of nitrogens with zero attached hydrogens (tertiary/aromatic N) is 2. The molecule has 0 radical (unpaired) electrons. The normalized spacial score (nSPS) is 21.0. The van der Waals surface area contributed by atoms with E-state index >= 15 is 0 Å². The lowest BCUT2D eigenvalue weighted by Gasteiger charge is -2.03. The average molecular weight is 207 g/mol. The van der Waals surface area contributed by atoms with Crippen LogP contribution in [0, 0.1) is 6.92 Å². The van der Waals surface area contributed by atoms with Gasteiger partial charge in [0, 0.05) is 5.75 Å². The molecular formula is C10H13N3S. The van der Waals surface area contributed by atoms with Crippen LogP contribution in [0.1, 0.15) is 18.2 Å². The molecule has 1 aromatic heterocycles. The number of aromatic nitrogens is 1. The third kappa shape index (κ3) is 1.75. The molecule has 74 valence electrons. The number of hydrogen-bond acceptors (Lipinski definition) is 4. The molecule has 0 amide bonds. The first kappa shape index (κ1) is 9.52. The van der Waals surface area contributed by atoms with E-state index in [1.807, 2.05) is 13.0 Å². The number of pyridine rings is 1. The number of nitrogen functional groups attached to an aromatic ring is 1. The van der Waals surface area contributed by atoms with Crippen molar-refractivity contribution >= 4 is 22.5 Å². The molecule has 0 saturated heterocycles. The Kier molecular flexibility index (Phi) is 2.46. The molecule has 0 unspecified atom stereocenters. The van der Waals surface area contributed by atoms with E-state index in [0.29, 0.717) is 11.7 Å². The molecule has 2 heterocycles. The maximum Gasteiger partial charge on any atom is 0.117 e. The van der Waals surface area contributed by atoms with Crippen molar-refractivity contribution in [3.63, 3.8) is 0 Å². The van der Waals surface area contributed by atoms with Crippen molar-refractivity contribution < 1.29 is 0 Å². The van der Waals surface area contributed by atoms with E-state index in [1.165, 1.54) is 0 Å². The van der Waals surface area contributed by atoms with E-state index in [0.717, 1.165) is 22.1 Å². The maximum atomic E-state index is 5.64. The summed E-state index contributed by atoms with van der Waals surface area (Å²) in [6.07, 6.45) is 1.69. The van der Waals surface area contributed by atoms with E-state index in [2.05, 4.69) is 16.9 Å². The first-order chi connectivity index (χ1) is 6.66. The fourth-order valence-electron chi connectivity index (χ4n) is 1.42. The molecule has 1 atom stereocenters. The minimum absolute atomic E-state index is 0.411. The molecule has 0 aliphatic carbocycles. The Morgan fingerprint density at radius 1 is 1.57 bits per heavy atom. The van der Waals surface area contributed by atoms with Gasteiger partial charge in [-0.15, -0.1) is 11.8 Å². The summed E-state index contributed by atoms with van der Waals surface area (Å²) in [5.41, 5.74) is 8.44. The van der Waals surface area contributed by atoms with E-state index in [-0.39, 0.29) is 0 Å². The Morgan fingerprint density at radius 3 is 2.93 bits per heavy atom. The highest BCUT2D eigenvalue weighted by Gasteiger charge is 2.17. The van der Waals surface area contributed by atoms with Gasteiger partial charge in [0.2, 0.25) is 0 Å². The fourth-order valence-corrected chi connectivity index (χ4v) is 2.50. The van der Waals surface area contributed by atoms with Crippen LogP contribution < -0.4 is 5.73 Å². The summed E-state index contributed by atoms with van der Waals surface area (Å²) in [4.78, 5) is 8.84. The zero-order valence-electron chi connectivity index (χ0n) is 8.32.